The highest BCUT2D eigenvalue weighted by molar-refractivity contribution is 5.79. The second-order valence-electron chi connectivity index (χ2n) is 5.42. The van der Waals surface area contributed by atoms with Crippen molar-refractivity contribution >= 4 is 5.96 Å². The second-order valence-corrected chi connectivity index (χ2v) is 5.42. The van der Waals surface area contributed by atoms with E-state index in [-0.39, 0.29) is 0 Å². The van der Waals surface area contributed by atoms with E-state index in [4.69, 9.17) is 10.6 Å². The molecular formula is C13H26N4O. The van der Waals surface area contributed by atoms with Crippen LogP contribution in [0.5, 0.6) is 0 Å². The Balaban J connectivity index is 1.64. The quantitative estimate of drug-likeness (QED) is 0.199. The number of rotatable bonds is 8. The minimum absolute atomic E-state index is 0.537. The van der Waals surface area contributed by atoms with E-state index in [0.717, 1.165) is 44.6 Å². The van der Waals surface area contributed by atoms with Crippen LogP contribution in [0, 0.1) is 11.3 Å². The monoisotopic (exact) mass is 254 g/mol. The predicted octanol–water partition coefficient (Wildman–Crippen LogP) is 1.01. The van der Waals surface area contributed by atoms with Gasteiger partial charge in [0.1, 0.15) is 0 Å². The predicted molar refractivity (Wildman–Crippen MR) is 73.1 cm³/mol. The van der Waals surface area contributed by atoms with Gasteiger partial charge < -0.3 is 10.1 Å². The van der Waals surface area contributed by atoms with Gasteiger partial charge in [0, 0.05) is 26.3 Å². The molecule has 0 bridgehead atoms. The molecule has 0 atom stereocenters. The third-order valence-electron chi connectivity index (χ3n) is 3.99. The maximum atomic E-state index is 5.48. The van der Waals surface area contributed by atoms with Gasteiger partial charge in [-0.15, -0.1) is 0 Å². The first-order valence-corrected chi connectivity index (χ1v) is 7.13. The number of ether oxygens (including phenoxy) is 1. The van der Waals surface area contributed by atoms with Crippen molar-refractivity contribution in [1.82, 2.24) is 10.7 Å². The lowest BCUT2D eigenvalue weighted by Gasteiger charge is -2.13. The molecule has 0 heterocycles. The van der Waals surface area contributed by atoms with Crippen molar-refractivity contribution in [3.63, 3.8) is 0 Å². The largest absolute Gasteiger partial charge is 0.382 e. The van der Waals surface area contributed by atoms with Crippen molar-refractivity contribution in [2.24, 2.45) is 22.2 Å². The molecular weight excluding hydrogens is 228 g/mol. The van der Waals surface area contributed by atoms with Gasteiger partial charge in [-0.05, 0) is 50.4 Å². The summed E-state index contributed by atoms with van der Waals surface area (Å²) >= 11 is 0. The normalized spacial score (nSPS) is 21.8. The van der Waals surface area contributed by atoms with Crippen molar-refractivity contribution in [3.8, 4) is 0 Å². The highest BCUT2D eigenvalue weighted by Crippen LogP contribution is 2.61. The van der Waals surface area contributed by atoms with Gasteiger partial charge in [0.2, 0.25) is 5.96 Å². The van der Waals surface area contributed by atoms with E-state index in [1.165, 1.54) is 25.7 Å². The number of nitrogens with one attached hydrogen (secondary N) is 2. The Labute approximate surface area is 110 Å². The number of nitrogens with zero attached hydrogens (tertiary/aromatic N) is 1. The Morgan fingerprint density at radius 1 is 1.44 bits per heavy atom. The average molecular weight is 254 g/mol. The Hall–Kier alpha value is -0.810. The van der Waals surface area contributed by atoms with E-state index in [0.29, 0.717) is 5.41 Å². The van der Waals surface area contributed by atoms with E-state index in [9.17, 15) is 0 Å². The fourth-order valence-corrected chi connectivity index (χ4v) is 2.47. The van der Waals surface area contributed by atoms with Crippen LogP contribution in [0.3, 0.4) is 0 Å². The Kier molecular flexibility index (Phi) is 4.83. The highest BCUT2D eigenvalue weighted by atomic mass is 16.5. The molecule has 2 aliphatic rings. The zero-order valence-electron chi connectivity index (χ0n) is 11.4. The van der Waals surface area contributed by atoms with Crippen LogP contribution in [0.25, 0.3) is 0 Å². The zero-order chi connectivity index (χ0) is 12.8. The summed E-state index contributed by atoms with van der Waals surface area (Å²) in [5, 5.41) is 3.22. The van der Waals surface area contributed by atoms with Crippen LogP contribution < -0.4 is 16.6 Å². The van der Waals surface area contributed by atoms with Crippen molar-refractivity contribution in [3.05, 3.63) is 0 Å². The maximum Gasteiger partial charge on any atom is 0.205 e. The summed E-state index contributed by atoms with van der Waals surface area (Å²) < 4.78 is 5.28. The molecule has 0 aliphatic heterocycles. The molecule has 18 heavy (non-hydrogen) atoms. The van der Waals surface area contributed by atoms with Gasteiger partial charge in [0.05, 0.1) is 0 Å². The van der Waals surface area contributed by atoms with E-state index < -0.39 is 0 Å². The molecule has 4 N–H and O–H groups in total. The second kappa shape index (κ2) is 6.38. The SMILES string of the molecule is CCOCCCNC(=NCC1(C2CC2)CC1)NN. The third-order valence-corrected chi connectivity index (χ3v) is 3.99. The van der Waals surface area contributed by atoms with E-state index in [2.05, 4.69) is 15.7 Å². The first-order valence-electron chi connectivity index (χ1n) is 7.13. The molecule has 2 saturated carbocycles. The van der Waals surface area contributed by atoms with Crippen LogP contribution in [0.2, 0.25) is 0 Å². The highest BCUT2D eigenvalue weighted by Gasteiger charge is 2.53. The summed E-state index contributed by atoms with van der Waals surface area (Å²) in [7, 11) is 0. The number of guanidine groups is 1. The molecule has 0 amide bonds. The number of hydrogen-bond acceptors (Lipinski definition) is 3. The molecule has 2 rings (SSSR count). The summed E-state index contributed by atoms with van der Waals surface area (Å²) in [6, 6.07) is 0. The Bertz CT molecular complexity index is 285. The molecule has 2 fully saturated rings. The molecule has 2 aliphatic carbocycles. The van der Waals surface area contributed by atoms with Crippen molar-refractivity contribution in [2.75, 3.05) is 26.3 Å². The van der Waals surface area contributed by atoms with Gasteiger partial charge >= 0.3 is 0 Å². The lowest BCUT2D eigenvalue weighted by atomic mass is 10.0. The molecule has 0 aromatic heterocycles. The Morgan fingerprint density at radius 3 is 2.78 bits per heavy atom. The smallest absolute Gasteiger partial charge is 0.205 e. The van der Waals surface area contributed by atoms with Crippen LogP contribution in [0.1, 0.15) is 39.0 Å². The maximum absolute atomic E-state index is 5.48. The van der Waals surface area contributed by atoms with Crippen LogP contribution in [0.15, 0.2) is 4.99 Å². The fraction of sp³-hybridized carbons (Fsp3) is 0.923. The van der Waals surface area contributed by atoms with Gasteiger partial charge in [-0.3, -0.25) is 10.4 Å². The van der Waals surface area contributed by atoms with Crippen molar-refractivity contribution in [2.45, 2.75) is 39.0 Å². The fourth-order valence-electron chi connectivity index (χ4n) is 2.47. The van der Waals surface area contributed by atoms with E-state index in [1.54, 1.807) is 0 Å². The van der Waals surface area contributed by atoms with Gasteiger partial charge in [-0.25, -0.2) is 5.84 Å². The van der Waals surface area contributed by atoms with E-state index in [1.807, 2.05) is 6.92 Å². The van der Waals surface area contributed by atoms with Crippen LogP contribution in [-0.2, 0) is 4.74 Å². The molecule has 0 radical (unpaired) electrons. The number of hydrogen-bond donors (Lipinski definition) is 3. The van der Waals surface area contributed by atoms with Crippen molar-refractivity contribution in [1.29, 1.82) is 0 Å². The van der Waals surface area contributed by atoms with E-state index >= 15 is 0 Å². The molecule has 104 valence electrons. The third kappa shape index (κ3) is 3.85. The summed E-state index contributed by atoms with van der Waals surface area (Å²) in [5.74, 6) is 7.14. The summed E-state index contributed by atoms with van der Waals surface area (Å²) in [6.07, 6.45) is 6.49. The molecule has 5 heteroatoms. The van der Waals surface area contributed by atoms with Crippen LogP contribution in [-0.4, -0.2) is 32.3 Å². The average Bonchev–Trinajstić information content (AvgIpc) is 3.25. The lowest BCUT2D eigenvalue weighted by Crippen LogP contribution is -2.42. The van der Waals surface area contributed by atoms with Gasteiger partial charge in [0.15, 0.2) is 0 Å². The van der Waals surface area contributed by atoms with Gasteiger partial charge in [0.25, 0.3) is 0 Å². The molecule has 5 nitrogen and oxygen atoms in total. The van der Waals surface area contributed by atoms with Crippen molar-refractivity contribution < 1.29 is 4.74 Å². The first-order chi connectivity index (χ1) is 8.80. The number of nitrogens with two attached hydrogens (primary N) is 1. The van der Waals surface area contributed by atoms with Crippen LogP contribution in [0.4, 0.5) is 0 Å². The standard InChI is InChI=1S/C13H26N4O/c1-2-18-9-3-8-15-12(17-14)16-10-13(6-7-13)11-4-5-11/h11H,2-10,14H2,1H3,(H2,15,16,17). The van der Waals surface area contributed by atoms with Crippen LogP contribution >= 0.6 is 0 Å². The first kappa shape index (κ1) is 13.6. The molecule has 0 unspecified atom stereocenters. The summed E-state index contributed by atoms with van der Waals surface area (Å²) in [6.45, 7) is 5.34. The van der Waals surface area contributed by atoms with Gasteiger partial charge in [-0.1, -0.05) is 0 Å². The minimum atomic E-state index is 0.537. The Morgan fingerprint density at radius 2 is 2.22 bits per heavy atom. The lowest BCUT2D eigenvalue weighted by molar-refractivity contribution is 0.145. The number of hydrazine groups is 1. The molecule has 0 aromatic carbocycles. The number of aliphatic imine (C=N–C) groups is 1. The molecule has 0 spiro atoms. The molecule has 0 saturated heterocycles. The topological polar surface area (TPSA) is 71.7 Å². The molecule has 0 aromatic rings. The zero-order valence-corrected chi connectivity index (χ0v) is 11.4. The minimum Gasteiger partial charge on any atom is -0.382 e. The summed E-state index contributed by atoms with van der Waals surface area (Å²) in [5.41, 5.74) is 3.19. The summed E-state index contributed by atoms with van der Waals surface area (Å²) in [4.78, 5) is 4.58. The van der Waals surface area contributed by atoms with Gasteiger partial charge in [-0.2, -0.15) is 0 Å².